The molecule has 0 unspecified atom stereocenters. The van der Waals surface area contributed by atoms with E-state index < -0.39 is 10.0 Å². The van der Waals surface area contributed by atoms with Gasteiger partial charge in [-0.1, -0.05) is 27.5 Å². The minimum atomic E-state index is -3.85. The maximum Gasteiger partial charge on any atom is 0.263 e. The Kier molecular flexibility index (Phi) is 4.65. The molecule has 0 radical (unpaired) electrons. The second-order valence-electron chi connectivity index (χ2n) is 4.13. The number of ether oxygens (including phenoxy) is 1. The van der Waals surface area contributed by atoms with Crippen LogP contribution in [0.25, 0.3) is 0 Å². The van der Waals surface area contributed by atoms with Gasteiger partial charge in [0.05, 0.1) is 23.5 Å². The third-order valence-electron chi connectivity index (χ3n) is 2.69. The molecule has 0 atom stereocenters. The number of anilines is 2. The van der Waals surface area contributed by atoms with Crippen LogP contribution in [0.3, 0.4) is 0 Å². The van der Waals surface area contributed by atoms with E-state index in [4.69, 9.17) is 22.1 Å². The highest BCUT2D eigenvalue weighted by atomic mass is 79.9. The lowest BCUT2D eigenvalue weighted by atomic mass is 10.2. The zero-order chi connectivity index (χ0) is 15.6. The number of hydrogen-bond acceptors (Lipinski definition) is 4. The van der Waals surface area contributed by atoms with E-state index in [0.29, 0.717) is 10.2 Å². The van der Waals surface area contributed by atoms with Gasteiger partial charge in [-0.25, -0.2) is 8.42 Å². The monoisotopic (exact) mass is 390 g/mol. The van der Waals surface area contributed by atoms with Crippen molar-refractivity contribution in [3.63, 3.8) is 0 Å². The molecule has 0 fully saturated rings. The summed E-state index contributed by atoms with van der Waals surface area (Å²) >= 11 is 9.20. The summed E-state index contributed by atoms with van der Waals surface area (Å²) in [6.07, 6.45) is 0. The standard InChI is InChI=1S/C13H12BrClN2O3S/c1-20-9-3-4-11(16)12(7-9)17-21(18,19)13-5-2-8(14)6-10(13)15/h2-7,17H,16H2,1H3. The van der Waals surface area contributed by atoms with Crippen molar-refractivity contribution in [1.82, 2.24) is 0 Å². The molecule has 0 spiro atoms. The average Bonchev–Trinajstić information content (AvgIpc) is 2.40. The van der Waals surface area contributed by atoms with Crippen molar-refractivity contribution in [2.45, 2.75) is 4.90 Å². The summed E-state index contributed by atoms with van der Waals surface area (Å²) in [5, 5.41) is 0.110. The Balaban J connectivity index is 2.42. The van der Waals surface area contributed by atoms with E-state index in [1.54, 1.807) is 18.2 Å². The number of rotatable bonds is 4. The number of sulfonamides is 1. The van der Waals surface area contributed by atoms with Crippen molar-refractivity contribution < 1.29 is 13.2 Å². The van der Waals surface area contributed by atoms with E-state index >= 15 is 0 Å². The van der Waals surface area contributed by atoms with Crippen molar-refractivity contribution in [3.05, 3.63) is 45.9 Å². The molecule has 21 heavy (non-hydrogen) atoms. The van der Waals surface area contributed by atoms with Crippen molar-refractivity contribution in [3.8, 4) is 5.75 Å². The van der Waals surface area contributed by atoms with Crippen molar-refractivity contribution in [2.75, 3.05) is 17.6 Å². The van der Waals surface area contributed by atoms with Crippen molar-refractivity contribution in [1.29, 1.82) is 0 Å². The fraction of sp³-hybridized carbons (Fsp3) is 0.0769. The molecule has 5 nitrogen and oxygen atoms in total. The zero-order valence-electron chi connectivity index (χ0n) is 10.9. The second-order valence-corrected chi connectivity index (χ2v) is 7.11. The van der Waals surface area contributed by atoms with Crippen LogP contribution in [0.5, 0.6) is 5.75 Å². The summed E-state index contributed by atoms with van der Waals surface area (Å²) in [4.78, 5) is -0.0328. The van der Waals surface area contributed by atoms with Gasteiger partial charge in [0.25, 0.3) is 10.0 Å². The summed E-state index contributed by atoms with van der Waals surface area (Å²) in [6.45, 7) is 0. The molecule has 0 aliphatic rings. The average molecular weight is 392 g/mol. The number of methoxy groups -OCH3 is 1. The Labute approximate surface area is 136 Å². The molecule has 3 N–H and O–H groups in total. The third-order valence-corrected chi connectivity index (χ3v) is 5.03. The Hall–Kier alpha value is -1.44. The highest BCUT2D eigenvalue weighted by Gasteiger charge is 2.19. The molecule has 0 amide bonds. The minimum absolute atomic E-state index is 0.0328. The molecule has 2 aromatic carbocycles. The normalized spacial score (nSPS) is 11.2. The van der Waals surface area contributed by atoms with Crippen LogP contribution in [0.4, 0.5) is 11.4 Å². The Morgan fingerprint density at radius 1 is 1.24 bits per heavy atom. The molecule has 0 aliphatic heterocycles. The molecular weight excluding hydrogens is 380 g/mol. The molecule has 0 aliphatic carbocycles. The van der Waals surface area contributed by atoms with Gasteiger partial charge in [-0.05, 0) is 30.3 Å². The van der Waals surface area contributed by atoms with Crippen LogP contribution in [0, 0.1) is 0 Å². The second kappa shape index (κ2) is 6.13. The van der Waals surface area contributed by atoms with Gasteiger partial charge in [0.2, 0.25) is 0 Å². The summed E-state index contributed by atoms with van der Waals surface area (Å²) in [5.74, 6) is 0.490. The Morgan fingerprint density at radius 3 is 2.57 bits per heavy atom. The van der Waals surface area contributed by atoms with Gasteiger partial charge >= 0.3 is 0 Å². The van der Waals surface area contributed by atoms with E-state index in [-0.39, 0.29) is 21.3 Å². The maximum absolute atomic E-state index is 12.4. The van der Waals surface area contributed by atoms with E-state index in [0.717, 1.165) is 0 Å². The van der Waals surface area contributed by atoms with E-state index in [9.17, 15) is 8.42 Å². The highest BCUT2D eigenvalue weighted by Crippen LogP contribution is 2.30. The Morgan fingerprint density at radius 2 is 1.95 bits per heavy atom. The third kappa shape index (κ3) is 3.61. The van der Waals surface area contributed by atoms with E-state index in [2.05, 4.69) is 20.7 Å². The predicted octanol–water partition coefficient (Wildman–Crippen LogP) is 3.49. The van der Waals surface area contributed by atoms with Crippen LogP contribution in [0.15, 0.2) is 45.8 Å². The zero-order valence-corrected chi connectivity index (χ0v) is 14.1. The first-order valence-corrected chi connectivity index (χ1v) is 8.40. The van der Waals surface area contributed by atoms with Crippen LogP contribution >= 0.6 is 27.5 Å². The quantitative estimate of drug-likeness (QED) is 0.782. The summed E-state index contributed by atoms with van der Waals surface area (Å²) < 4.78 is 32.9. The van der Waals surface area contributed by atoms with Gasteiger partial charge in [-0.3, -0.25) is 4.72 Å². The summed E-state index contributed by atoms with van der Waals surface area (Å²) in [7, 11) is -2.37. The summed E-state index contributed by atoms with van der Waals surface area (Å²) in [6, 6.07) is 9.20. The van der Waals surface area contributed by atoms with Crippen LogP contribution in [0.1, 0.15) is 0 Å². The number of halogens is 2. The van der Waals surface area contributed by atoms with Gasteiger partial charge in [0.1, 0.15) is 10.6 Å². The van der Waals surface area contributed by atoms with Crippen molar-refractivity contribution >= 4 is 48.9 Å². The smallest absolute Gasteiger partial charge is 0.263 e. The first-order valence-electron chi connectivity index (χ1n) is 5.75. The molecular formula is C13H12BrClN2O3S. The molecule has 2 aromatic rings. The van der Waals surface area contributed by atoms with Gasteiger partial charge in [0, 0.05) is 10.5 Å². The highest BCUT2D eigenvalue weighted by molar-refractivity contribution is 9.10. The lowest BCUT2D eigenvalue weighted by molar-refractivity contribution is 0.415. The molecule has 0 aromatic heterocycles. The fourth-order valence-corrected chi connectivity index (χ4v) is 3.76. The van der Waals surface area contributed by atoms with E-state index in [1.165, 1.54) is 25.3 Å². The first-order chi connectivity index (χ1) is 9.83. The molecule has 0 saturated carbocycles. The van der Waals surface area contributed by atoms with Gasteiger partial charge in [-0.2, -0.15) is 0 Å². The van der Waals surface area contributed by atoms with Gasteiger partial charge < -0.3 is 10.5 Å². The number of nitrogens with two attached hydrogens (primary N) is 1. The van der Waals surface area contributed by atoms with Gasteiger partial charge in [-0.15, -0.1) is 0 Å². The summed E-state index contributed by atoms with van der Waals surface area (Å²) in [5.41, 5.74) is 6.28. The molecule has 0 saturated heterocycles. The van der Waals surface area contributed by atoms with Crippen LogP contribution < -0.4 is 15.2 Å². The lowest BCUT2D eigenvalue weighted by Gasteiger charge is -2.12. The van der Waals surface area contributed by atoms with Crippen LogP contribution in [0.2, 0.25) is 5.02 Å². The number of benzene rings is 2. The molecule has 2 rings (SSSR count). The van der Waals surface area contributed by atoms with Crippen molar-refractivity contribution in [2.24, 2.45) is 0 Å². The maximum atomic E-state index is 12.4. The minimum Gasteiger partial charge on any atom is -0.497 e. The fourth-order valence-electron chi connectivity index (χ4n) is 1.64. The molecule has 8 heteroatoms. The molecule has 0 heterocycles. The topological polar surface area (TPSA) is 81.4 Å². The number of hydrogen-bond donors (Lipinski definition) is 2. The molecule has 0 bridgehead atoms. The number of nitrogen functional groups attached to an aromatic ring is 1. The number of nitrogens with one attached hydrogen (secondary N) is 1. The lowest BCUT2D eigenvalue weighted by Crippen LogP contribution is -2.14. The largest absolute Gasteiger partial charge is 0.497 e. The van der Waals surface area contributed by atoms with Gasteiger partial charge in [0.15, 0.2) is 0 Å². The first kappa shape index (κ1) is 15.9. The van der Waals surface area contributed by atoms with Crippen LogP contribution in [-0.2, 0) is 10.0 Å². The molecule has 112 valence electrons. The Bertz CT molecular complexity index is 781. The van der Waals surface area contributed by atoms with Crippen LogP contribution in [-0.4, -0.2) is 15.5 Å². The predicted molar refractivity (Wildman–Crippen MR) is 87.4 cm³/mol. The van der Waals surface area contributed by atoms with E-state index in [1.807, 2.05) is 0 Å². The SMILES string of the molecule is COc1ccc(N)c(NS(=O)(=O)c2ccc(Br)cc2Cl)c1.